The minimum absolute atomic E-state index is 1.12. The molecular weight excluding hydrogens is 637 g/mol. The van der Waals surface area contributed by atoms with E-state index in [1.54, 1.807) is 0 Å². The largest absolute Gasteiger partial charge is 0.354 e. The van der Waals surface area contributed by atoms with E-state index in [1.807, 2.05) is 11.3 Å². The first-order valence-electron chi connectivity index (χ1n) is 17.4. The maximum Gasteiger partial charge on any atom is 0.0551 e. The Morgan fingerprint density at radius 2 is 1.04 bits per heavy atom. The molecule has 0 amide bonds. The molecule has 3 heteroatoms. The normalized spacial score (nSPS) is 11.9. The molecule has 1 aliphatic rings. The second kappa shape index (κ2) is 11.0. The van der Waals surface area contributed by atoms with E-state index in [0.29, 0.717) is 0 Å². The lowest BCUT2D eigenvalue weighted by Crippen LogP contribution is -2.09. The fraction of sp³-hybridized carbons (Fsp3) is 0. The second-order valence-electron chi connectivity index (χ2n) is 13.4. The molecular formula is C48H30N2S. The lowest BCUT2D eigenvalue weighted by atomic mass is 9.98. The van der Waals surface area contributed by atoms with Crippen molar-refractivity contribution in [2.45, 2.75) is 0 Å². The monoisotopic (exact) mass is 666 g/mol. The minimum Gasteiger partial charge on any atom is -0.354 e. The van der Waals surface area contributed by atoms with Gasteiger partial charge in [0.1, 0.15) is 0 Å². The van der Waals surface area contributed by atoms with Gasteiger partial charge in [-0.3, -0.25) is 0 Å². The fourth-order valence-corrected chi connectivity index (χ4v) is 9.29. The van der Waals surface area contributed by atoms with E-state index in [-0.39, 0.29) is 0 Å². The third kappa shape index (κ3) is 4.42. The summed E-state index contributed by atoms with van der Waals surface area (Å²) in [5.74, 6) is 0. The minimum atomic E-state index is 1.12. The first-order valence-corrected chi connectivity index (χ1v) is 18.2. The SMILES string of the molecule is c1ccc(-c2ccc(N(c3ccc(-c4ccc5[nH]c6c(c5c4)-c4cccc5cccc-6c45)cc3)c3ccc4c(c3)sc3ccccc34)cc2)cc1. The summed E-state index contributed by atoms with van der Waals surface area (Å²) in [6.45, 7) is 0. The molecule has 0 saturated carbocycles. The molecule has 0 unspecified atom stereocenters. The van der Waals surface area contributed by atoms with Crippen molar-refractivity contribution in [3.63, 3.8) is 0 Å². The van der Waals surface area contributed by atoms with Gasteiger partial charge in [0.15, 0.2) is 0 Å². The summed E-state index contributed by atoms with van der Waals surface area (Å²) in [4.78, 5) is 6.13. The summed E-state index contributed by atoms with van der Waals surface area (Å²) < 4.78 is 2.61. The first kappa shape index (κ1) is 28.4. The predicted octanol–water partition coefficient (Wildman–Crippen LogP) is 14.1. The molecule has 0 atom stereocenters. The number of benzene rings is 8. The van der Waals surface area contributed by atoms with Crippen LogP contribution in [0.1, 0.15) is 0 Å². The highest BCUT2D eigenvalue weighted by Crippen LogP contribution is 2.50. The number of thiophene rings is 1. The molecule has 2 nitrogen and oxygen atoms in total. The third-order valence-electron chi connectivity index (χ3n) is 10.6. The van der Waals surface area contributed by atoms with Crippen molar-refractivity contribution in [2.75, 3.05) is 4.90 Å². The Hall–Kier alpha value is -6.42. The molecule has 2 aromatic heterocycles. The summed E-state index contributed by atoms with van der Waals surface area (Å²) in [6.07, 6.45) is 0. The molecule has 0 fully saturated rings. The number of H-pyrrole nitrogens is 1. The standard InChI is InChI=1S/C48H30N2S/c1-2-8-30(9-3-1)31-16-21-35(22-17-31)50(37-25-26-39-38-12-4-5-15-44(38)51-45(39)29-37)36-23-18-32(19-24-36)34-20-27-43-42(28-34)47-40-13-6-10-33-11-7-14-41(46(33)40)48(47)49-43/h1-29,49H. The predicted molar refractivity (Wildman–Crippen MR) is 219 cm³/mol. The quantitative estimate of drug-likeness (QED) is 0.194. The van der Waals surface area contributed by atoms with Crippen molar-refractivity contribution >= 4 is 70.2 Å². The number of nitrogens with zero attached hydrogens (tertiary/aromatic N) is 1. The highest BCUT2D eigenvalue weighted by Gasteiger charge is 2.25. The number of aromatic amines is 1. The molecule has 2 heterocycles. The van der Waals surface area contributed by atoms with Crippen LogP contribution in [0.15, 0.2) is 176 Å². The average Bonchev–Trinajstić information content (AvgIpc) is 3.86. The Kier molecular flexibility index (Phi) is 6.16. The Bertz CT molecular complexity index is 2940. The average molecular weight is 667 g/mol. The van der Waals surface area contributed by atoms with E-state index < -0.39 is 0 Å². The van der Waals surface area contributed by atoms with E-state index in [2.05, 4.69) is 186 Å². The molecule has 0 spiro atoms. The van der Waals surface area contributed by atoms with Crippen LogP contribution in [-0.2, 0) is 0 Å². The van der Waals surface area contributed by atoms with Gasteiger partial charge in [-0.05, 0) is 93.2 Å². The van der Waals surface area contributed by atoms with E-state index in [9.17, 15) is 0 Å². The summed E-state index contributed by atoms with van der Waals surface area (Å²) in [5, 5.41) is 6.54. The van der Waals surface area contributed by atoms with Crippen molar-refractivity contribution in [2.24, 2.45) is 0 Å². The fourth-order valence-electron chi connectivity index (χ4n) is 8.15. The zero-order valence-corrected chi connectivity index (χ0v) is 28.4. The van der Waals surface area contributed by atoms with Gasteiger partial charge < -0.3 is 9.88 Å². The number of aromatic nitrogens is 1. The molecule has 0 radical (unpaired) electrons. The molecule has 238 valence electrons. The molecule has 10 aromatic rings. The van der Waals surface area contributed by atoms with Crippen LogP contribution in [0.2, 0.25) is 0 Å². The van der Waals surface area contributed by atoms with Gasteiger partial charge in [0.05, 0.1) is 5.69 Å². The molecule has 0 bridgehead atoms. The van der Waals surface area contributed by atoms with Crippen molar-refractivity contribution in [3.8, 4) is 44.6 Å². The van der Waals surface area contributed by atoms with Crippen molar-refractivity contribution in [3.05, 3.63) is 176 Å². The van der Waals surface area contributed by atoms with Crippen LogP contribution in [0.5, 0.6) is 0 Å². The van der Waals surface area contributed by atoms with Crippen molar-refractivity contribution in [1.82, 2.24) is 4.98 Å². The van der Waals surface area contributed by atoms with Gasteiger partial charge in [0.25, 0.3) is 0 Å². The van der Waals surface area contributed by atoms with Gasteiger partial charge >= 0.3 is 0 Å². The smallest absolute Gasteiger partial charge is 0.0551 e. The van der Waals surface area contributed by atoms with E-state index in [0.717, 1.165) is 17.1 Å². The van der Waals surface area contributed by atoms with Gasteiger partial charge in [-0.25, -0.2) is 0 Å². The number of hydrogen-bond donors (Lipinski definition) is 1. The molecule has 0 saturated heterocycles. The van der Waals surface area contributed by atoms with E-state index in [1.165, 1.54) is 86.5 Å². The van der Waals surface area contributed by atoms with Gasteiger partial charge in [-0.15, -0.1) is 11.3 Å². The van der Waals surface area contributed by atoms with Crippen molar-refractivity contribution < 1.29 is 0 Å². The lowest BCUT2D eigenvalue weighted by Gasteiger charge is -2.26. The van der Waals surface area contributed by atoms with Crippen LogP contribution in [0.25, 0.3) is 86.5 Å². The Balaban J connectivity index is 1.01. The maximum absolute atomic E-state index is 3.75. The molecule has 8 aromatic carbocycles. The second-order valence-corrected chi connectivity index (χ2v) is 14.5. The van der Waals surface area contributed by atoms with Crippen molar-refractivity contribution in [1.29, 1.82) is 0 Å². The van der Waals surface area contributed by atoms with Crippen LogP contribution in [-0.4, -0.2) is 4.98 Å². The van der Waals surface area contributed by atoms with E-state index in [4.69, 9.17) is 0 Å². The molecule has 0 aliphatic heterocycles. The highest BCUT2D eigenvalue weighted by atomic mass is 32.1. The van der Waals surface area contributed by atoms with Crippen LogP contribution in [0.3, 0.4) is 0 Å². The summed E-state index contributed by atoms with van der Waals surface area (Å²) >= 11 is 1.86. The number of hydrogen-bond acceptors (Lipinski definition) is 2. The zero-order valence-electron chi connectivity index (χ0n) is 27.6. The summed E-state index contributed by atoms with van der Waals surface area (Å²) in [6, 6.07) is 64.3. The van der Waals surface area contributed by atoms with Crippen LogP contribution >= 0.6 is 11.3 Å². The number of fused-ring (bicyclic) bond motifs is 8. The van der Waals surface area contributed by atoms with Gasteiger partial charge in [0.2, 0.25) is 0 Å². The summed E-state index contributed by atoms with van der Waals surface area (Å²) in [7, 11) is 0. The van der Waals surface area contributed by atoms with Crippen LogP contribution in [0, 0.1) is 0 Å². The van der Waals surface area contributed by atoms with Gasteiger partial charge in [-0.1, -0.05) is 121 Å². The van der Waals surface area contributed by atoms with Gasteiger partial charge in [-0.2, -0.15) is 0 Å². The highest BCUT2D eigenvalue weighted by molar-refractivity contribution is 7.25. The molecule has 11 rings (SSSR count). The number of anilines is 3. The Labute approximate surface area is 299 Å². The molecule has 1 aliphatic carbocycles. The maximum atomic E-state index is 3.75. The number of nitrogens with one attached hydrogen (secondary N) is 1. The Morgan fingerprint density at radius 1 is 0.412 bits per heavy atom. The zero-order chi connectivity index (χ0) is 33.5. The molecule has 51 heavy (non-hydrogen) atoms. The first-order chi connectivity index (χ1) is 25.3. The van der Waals surface area contributed by atoms with Crippen LogP contribution in [0.4, 0.5) is 17.1 Å². The van der Waals surface area contributed by atoms with E-state index >= 15 is 0 Å². The van der Waals surface area contributed by atoms with Crippen LogP contribution < -0.4 is 4.90 Å². The lowest BCUT2D eigenvalue weighted by molar-refractivity contribution is 1.29. The Morgan fingerprint density at radius 3 is 1.82 bits per heavy atom. The van der Waals surface area contributed by atoms with Gasteiger partial charge in [0, 0.05) is 59.3 Å². The topological polar surface area (TPSA) is 19.0 Å². The summed E-state index contributed by atoms with van der Waals surface area (Å²) in [5.41, 5.74) is 14.6. The molecule has 1 N–H and O–H groups in total. The number of rotatable bonds is 5. The third-order valence-corrected chi connectivity index (χ3v) is 11.7.